The Kier molecular flexibility index (Phi) is 6.25. The Balaban J connectivity index is 5.71. The van der Waals surface area contributed by atoms with Gasteiger partial charge in [0.25, 0.3) is 0 Å². The van der Waals surface area contributed by atoms with E-state index < -0.39 is 41.6 Å². The first kappa shape index (κ1) is 22.1. The molecule has 0 saturated heterocycles. The highest BCUT2D eigenvalue weighted by Crippen LogP contribution is 2.58. The summed E-state index contributed by atoms with van der Waals surface area (Å²) in [5.74, 6) is -31.4. The van der Waals surface area contributed by atoms with Crippen LogP contribution in [0.5, 0.6) is 0 Å². The third-order valence-corrected chi connectivity index (χ3v) is 2.76. The van der Waals surface area contributed by atoms with E-state index in [4.69, 9.17) is 0 Å². The molecule has 0 aliphatic rings. The first-order valence-corrected chi connectivity index (χ1v) is 6.11. The first-order valence-electron chi connectivity index (χ1n) is 5.73. The van der Waals surface area contributed by atoms with Crippen molar-refractivity contribution >= 4 is 17.6 Å². The molecule has 2 nitrogen and oxygen atoms in total. The molecule has 0 aromatic carbocycles. The van der Waals surface area contributed by atoms with E-state index in [1.807, 2.05) is 0 Å². The van der Waals surface area contributed by atoms with Gasteiger partial charge in [0.2, 0.25) is 0 Å². The molecule has 138 valence electrons. The Labute approximate surface area is 127 Å². The number of carbonyl (C=O) groups excluding carboxylic acids is 1. The van der Waals surface area contributed by atoms with Crippen LogP contribution in [0.4, 0.5) is 43.9 Å². The van der Waals surface area contributed by atoms with E-state index in [1.165, 1.54) is 6.92 Å². The van der Waals surface area contributed by atoms with E-state index in [0.717, 1.165) is 0 Å². The van der Waals surface area contributed by atoms with Crippen molar-refractivity contribution in [1.82, 2.24) is 0 Å². The van der Waals surface area contributed by atoms with Gasteiger partial charge in [-0.2, -0.15) is 43.9 Å². The van der Waals surface area contributed by atoms with Crippen LogP contribution in [0, 0.1) is 0 Å². The second kappa shape index (κ2) is 6.52. The van der Waals surface area contributed by atoms with Gasteiger partial charge in [-0.3, -0.25) is 0 Å². The second-order valence-electron chi connectivity index (χ2n) is 4.28. The SMILES string of the molecule is CCCCOC(=O)C(F)(F)C(F)(F)C(F)(F)C(F)(F)C(F)(F)Cl. The van der Waals surface area contributed by atoms with Crippen molar-refractivity contribution in [3.05, 3.63) is 0 Å². The zero-order valence-electron chi connectivity index (χ0n) is 11.1. The number of carbonyl (C=O) groups is 1. The lowest BCUT2D eigenvalue weighted by molar-refractivity contribution is -0.384. The van der Waals surface area contributed by atoms with Crippen LogP contribution in [0.3, 0.4) is 0 Å². The predicted octanol–water partition coefficient (Wildman–Crippen LogP) is 4.70. The monoisotopic (exact) mass is 386 g/mol. The Morgan fingerprint density at radius 3 is 1.65 bits per heavy atom. The summed E-state index contributed by atoms with van der Waals surface area (Å²) in [6.45, 7) is 0.562. The maximum atomic E-state index is 13.1. The van der Waals surface area contributed by atoms with E-state index in [-0.39, 0.29) is 12.8 Å². The van der Waals surface area contributed by atoms with Crippen molar-refractivity contribution < 1.29 is 53.4 Å². The summed E-state index contributed by atoms with van der Waals surface area (Å²) in [4.78, 5) is 10.8. The summed E-state index contributed by atoms with van der Waals surface area (Å²) in [7, 11) is 0. The normalized spacial score (nSPS) is 14.8. The molecule has 0 fully saturated rings. The Hall–Kier alpha value is -0.940. The summed E-state index contributed by atoms with van der Waals surface area (Å²) >= 11 is 3.59. The molecule has 23 heavy (non-hydrogen) atoms. The Bertz CT molecular complexity index is 432. The quantitative estimate of drug-likeness (QED) is 0.261. The molecule has 0 aromatic heterocycles. The lowest BCUT2D eigenvalue weighted by atomic mass is 9.98. The number of hydrogen-bond donors (Lipinski definition) is 0. The molecule has 0 aliphatic heterocycles. The molecule has 0 aromatic rings. The zero-order chi connectivity index (χ0) is 18.9. The Morgan fingerprint density at radius 2 is 1.30 bits per heavy atom. The number of ether oxygens (including phenoxy) is 1. The number of alkyl halides is 11. The lowest BCUT2D eigenvalue weighted by Crippen LogP contribution is -2.68. The number of unbranched alkanes of at least 4 members (excludes halogenated alkanes) is 1. The molecule has 0 spiro atoms. The average molecular weight is 387 g/mol. The number of hydrogen-bond acceptors (Lipinski definition) is 2. The van der Waals surface area contributed by atoms with Crippen LogP contribution < -0.4 is 0 Å². The molecular weight excluding hydrogens is 378 g/mol. The highest BCUT2D eigenvalue weighted by atomic mass is 35.5. The maximum absolute atomic E-state index is 13.1. The van der Waals surface area contributed by atoms with Gasteiger partial charge >= 0.3 is 35.0 Å². The van der Waals surface area contributed by atoms with Gasteiger partial charge in [-0.15, -0.1) is 0 Å². The van der Waals surface area contributed by atoms with Crippen LogP contribution in [-0.2, 0) is 9.53 Å². The van der Waals surface area contributed by atoms with Crippen LogP contribution in [0.15, 0.2) is 0 Å². The maximum Gasteiger partial charge on any atom is 0.410 e. The molecule has 0 amide bonds. The van der Waals surface area contributed by atoms with E-state index in [9.17, 15) is 48.7 Å². The van der Waals surface area contributed by atoms with Crippen LogP contribution >= 0.6 is 11.6 Å². The van der Waals surface area contributed by atoms with E-state index in [0.29, 0.717) is 0 Å². The third-order valence-electron chi connectivity index (χ3n) is 2.53. The third kappa shape index (κ3) is 3.61. The molecule has 0 radical (unpaired) electrons. The minimum Gasteiger partial charge on any atom is -0.461 e. The number of rotatable bonds is 8. The highest BCUT2D eigenvalue weighted by molar-refractivity contribution is 6.22. The molecule has 0 atom stereocenters. The summed E-state index contributed by atoms with van der Waals surface area (Å²) in [5.41, 5.74) is 0. The van der Waals surface area contributed by atoms with Crippen molar-refractivity contribution in [2.24, 2.45) is 0 Å². The zero-order valence-corrected chi connectivity index (χ0v) is 11.9. The topological polar surface area (TPSA) is 26.3 Å². The molecule has 0 bridgehead atoms. The molecule has 0 aliphatic carbocycles. The van der Waals surface area contributed by atoms with E-state index >= 15 is 0 Å². The average Bonchev–Trinajstić information content (AvgIpc) is 2.36. The van der Waals surface area contributed by atoms with Gasteiger partial charge in [0.05, 0.1) is 6.61 Å². The van der Waals surface area contributed by atoms with Crippen molar-refractivity contribution in [1.29, 1.82) is 0 Å². The van der Waals surface area contributed by atoms with Crippen LogP contribution in [0.2, 0.25) is 0 Å². The first-order chi connectivity index (χ1) is 9.98. The Morgan fingerprint density at radius 1 is 0.870 bits per heavy atom. The van der Waals surface area contributed by atoms with Crippen LogP contribution in [0.25, 0.3) is 0 Å². The fraction of sp³-hybridized carbons (Fsp3) is 0.900. The number of esters is 1. The van der Waals surface area contributed by atoms with Gasteiger partial charge in [0, 0.05) is 0 Å². The van der Waals surface area contributed by atoms with Gasteiger partial charge < -0.3 is 4.74 Å². The largest absolute Gasteiger partial charge is 0.461 e. The van der Waals surface area contributed by atoms with Crippen LogP contribution in [0.1, 0.15) is 19.8 Å². The molecule has 0 rings (SSSR count). The molecule has 0 unspecified atom stereocenters. The molecular formula is C10H9ClF10O2. The number of halogens is 11. The lowest BCUT2D eigenvalue weighted by Gasteiger charge is -2.36. The second-order valence-corrected chi connectivity index (χ2v) is 4.76. The molecule has 0 heterocycles. The molecule has 13 heteroatoms. The fourth-order valence-electron chi connectivity index (χ4n) is 1.10. The summed E-state index contributed by atoms with van der Waals surface area (Å²) < 4.78 is 132. The van der Waals surface area contributed by atoms with Crippen molar-refractivity contribution in [2.45, 2.75) is 48.8 Å². The van der Waals surface area contributed by atoms with Gasteiger partial charge in [0.1, 0.15) is 0 Å². The molecule has 0 N–H and O–H groups in total. The van der Waals surface area contributed by atoms with Gasteiger partial charge in [0.15, 0.2) is 0 Å². The van der Waals surface area contributed by atoms with E-state index in [1.54, 1.807) is 0 Å². The smallest absolute Gasteiger partial charge is 0.410 e. The summed E-state index contributed by atoms with van der Waals surface area (Å²) in [6, 6.07) is 0. The summed E-state index contributed by atoms with van der Waals surface area (Å²) in [5, 5.41) is -6.29. The van der Waals surface area contributed by atoms with Crippen LogP contribution in [-0.4, -0.2) is 41.6 Å². The fourth-order valence-corrected chi connectivity index (χ4v) is 1.22. The highest BCUT2D eigenvalue weighted by Gasteiger charge is 2.88. The van der Waals surface area contributed by atoms with Crippen molar-refractivity contribution in [3.63, 3.8) is 0 Å². The van der Waals surface area contributed by atoms with Crippen molar-refractivity contribution in [2.75, 3.05) is 6.61 Å². The van der Waals surface area contributed by atoms with Crippen molar-refractivity contribution in [3.8, 4) is 0 Å². The standard InChI is InChI=1S/C10H9ClF10O2/c1-2-3-4-23-5(22)6(12,13)7(14,15)8(16,17)9(18,19)10(11,20)21/h2-4H2,1H3. The predicted molar refractivity (Wildman–Crippen MR) is 56.5 cm³/mol. The summed E-state index contributed by atoms with van der Waals surface area (Å²) in [6.07, 6.45) is 0.0988. The minimum absolute atomic E-state index is 0.125. The molecule has 0 saturated carbocycles. The minimum atomic E-state index is -7.36. The van der Waals surface area contributed by atoms with Gasteiger partial charge in [-0.25, -0.2) is 4.79 Å². The van der Waals surface area contributed by atoms with Gasteiger partial charge in [-0.05, 0) is 18.0 Å². The van der Waals surface area contributed by atoms with Gasteiger partial charge in [-0.1, -0.05) is 13.3 Å². The van der Waals surface area contributed by atoms with E-state index in [2.05, 4.69) is 16.3 Å².